The van der Waals surface area contributed by atoms with Crippen LogP contribution in [0.5, 0.6) is 0 Å². The third kappa shape index (κ3) is 2.71. The highest BCUT2D eigenvalue weighted by Crippen LogP contribution is 2.26. The van der Waals surface area contributed by atoms with Crippen molar-refractivity contribution in [2.75, 3.05) is 0 Å². The summed E-state index contributed by atoms with van der Waals surface area (Å²) < 4.78 is 2.74. The summed E-state index contributed by atoms with van der Waals surface area (Å²) in [5.41, 5.74) is 3.47. The van der Waals surface area contributed by atoms with Crippen molar-refractivity contribution in [3.8, 4) is 0 Å². The topological polar surface area (TPSA) is 50.9 Å². The predicted octanol–water partition coefficient (Wildman–Crippen LogP) is 3.32. The molecule has 5 heteroatoms. The second-order valence-electron chi connectivity index (χ2n) is 5.12. The van der Waals surface area contributed by atoms with E-state index in [0.29, 0.717) is 12.1 Å². The van der Waals surface area contributed by atoms with Crippen LogP contribution >= 0.6 is 15.9 Å². The van der Waals surface area contributed by atoms with Gasteiger partial charge in [-0.05, 0) is 35.0 Å². The molecule has 0 aliphatic heterocycles. The van der Waals surface area contributed by atoms with E-state index >= 15 is 0 Å². The molecule has 0 aliphatic carbocycles. The molecule has 108 valence electrons. The van der Waals surface area contributed by atoms with Crippen molar-refractivity contribution in [1.82, 2.24) is 14.8 Å². The van der Waals surface area contributed by atoms with E-state index in [4.69, 9.17) is 0 Å². The molecule has 0 saturated carbocycles. The molecule has 0 spiro atoms. The van der Waals surface area contributed by atoms with E-state index in [-0.39, 0.29) is 0 Å². The third-order valence-corrected chi connectivity index (χ3v) is 4.64. The zero-order valence-electron chi connectivity index (χ0n) is 11.9. The Morgan fingerprint density at radius 1 is 1.24 bits per heavy atom. The number of hydrogen-bond donors (Lipinski definition) is 1. The van der Waals surface area contributed by atoms with E-state index in [1.165, 1.54) is 0 Å². The fraction of sp³-hybridized carbons (Fsp3) is 0.250. The Labute approximate surface area is 131 Å². The van der Waals surface area contributed by atoms with Crippen LogP contribution in [0.1, 0.15) is 23.2 Å². The van der Waals surface area contributed by atoms with Gasteiger partial charge in [-0.25, -0.2) is 0 Å². The Morgan fingerprint density at radius 3 is 2.71 bits per heavy atom. The average molecular weight is 346 g/mol. The molecule has 0 fully saturated rings. The fourth-order valence-electron chi connectivity index (χ4n) is 2.46. The highest BCUT2D eigenvalue weighted by Gasteiger charge is 2.17. The lowest BCUT2D eigenvalue weighted by Gasteiger charge is -2.11. The molecule has 1 unspecified atom stereocenters. The van der Waals surface area contributed by atoms with E-state index in [1.807, 2.05) is 50.4 Å². The van der Waals surface area contributed by atoms with E-state index in [0.717, 1.165) is 26.8 Å². The van der Waals surface area contributed by atoms with E-state index in [2.05, 4.69) is 26.0 Å². The summed E-state index contributed by atoms with van der Waals surface area (Å²) in [7, 11) is 1.88. The molecule has 0 radical (unpaired) electrons. The molecule has 0 saturated heterocycles. The summed E-state index contributed by atoms with van der Waals surface area (Å²) >= 11 is 3.53. The number of para-hydroxylation sites is 1. The number of aliphatic hydroxyl groups is 1. The van der Waals surface area contributed by atoms with Gasteiger partial charge in [-0.1, -0.05) is 24.3 Å². The largest absolute Gasteiger partial charge is 0.386 e. The van der Waals surface area contributed by atoms with Crippen molar-refractivity contribution in [2.24, 2.45) is 7.05 Å². The number of hydrogen-bond acceptors (Lipinski definition) is 3. The zero-order valence-corrected chi connectivity index (χ0v) is 13.5. The SMILES string of the molecule is Cc1nn(C)c(CC(O)c2ccc3ccccc3n2)c1Br. The Morgan fingerprint density at radius 2 is 2.00 bits per heavy atom. The predicted molar refractivity (Wildman–Crippen MR) is 86.1 cm³/mol. The van der Waals surface area contributed by atoms with Crippen molar-refractivity contribution in [3.05, 3.63) is 58.0 Å². The van der Waals surface area contributed by atoms with Crippen LogP contribution < -0.4 is 0 Å². The third-order valence-electron chi connectivity index (χ3n) is 3.61. The van der Waals surface area contributed by atoms with Crippen LogP contribution in [0, 0.1) is 6.92 Å². The van der Waals surface area contributed by atoms with E-state index in [9.17, 15) is 5.11 Å². The van der Waals surface area contributed by atoms with Gasteiger partial charge in [-0.2, -0.15) is 5.10 Å². The maximum atomic E-state index is 10.5. The Hall–Kier alpha value is -1.72. The molecular weight excluding hydrogens is 330 g/mol. The number of pyridine rings is 1. The first-order valence-electron chi connectivity index (χ1n) is 6.78. The van der Waals surface area contributed by atoms with Gasteiger partial charge < -0.3 is 5.11 Å². The highest BCUT2D eigenvalue weighted by atomic mass is 79.9. The Balaban J connectivity index is 1.91. The number of fused-ring (bicyclic) bond motifs is 1. The molecule has 1 atom stereocenters. The number of aliphatic hydroxyl groups excluding tert-OH is 1. The average Bonchev–Trinajstić information content (AvgIpc) is 2.73. The zero-order chi connectivity index (χ0) is 15.0. The molecule has 0 bridgehead atoms. The maximum Gasteiger partial charge on any atom is 0.102 e. The molecule has 0 aliphatic rings. The van der Waals surface area contributed by atoms with Gasteiger partial charge >= 0.3 is 0 Å². The highest BCUT2D eigenvalue weighted by molar-refractivity contribution is 9.10. The van der Waals surface area contributed by atoms with Gasteiger partial charge in [0.05, 0.1) is 27.1 Å². The van der Waals surface area contributed by atoms with E-state index in [1.54, 1.807) is 4.68 Å². The second-order valence-corrected chi connectivity index (χ2v) is 5.91. The molecule has 2 aromatic heterocycles. The van der Waals surface area contributed by atoms with Gasteiger partial charge in [0.1, 0.15) is 6.10 Å². The van der Waals surface area contributed by atoms with Crippen LogP contribution in [0.2, 0.25) is 0 Å². The first-order valence-corrected chi connectivity index (χ1v) is 7.57. The Bertz CT molecular complexity index is 797. The number of aryl methyl sites for hydroxylation is 2. The minimum atomic E-state index is -0.652. The fourth-order valence-corrected chi connectivity index (χ4v) is 2.95. The molecule has 3 aromatic rings. The van der Waals surface area contributed by atoms with Crippen molar-refractivity contribution < 1.29 is 5.11 Å². The number of benzene rings is 1. The lowest BCUT2D eigenvalue weighted by atomic mass is 10.1. The van der Waals surface area contributed by atoms with Crippen LogP contribution in [-0.2, 0) is 13.5 Å². The summed E-state index contributed by atoms with van der Waals surface area (Å²) in [6.07, 6.45) is -0.177. The number of aromatic nitrogens is 3. The lowest BCUT2D eigenvalue weighted by Crippen LogP contribution is -2.08. The second kappa shape index (κ2) is 5.58. The first-order chi connectivity index (χ1) is 10.1. The summed E-state index contributed by atoms with van der Waals surface area (Å²) in [5, 5.41) is 15.9. The minimum absolute atomic E-state index is 0.475. The smallest absolute Gasteiger partial charge is 0.102 e. The number of rotatable bonds is 3. The molecule has 2 heterocycles. The van der Waals surface area contributed by atoms with Gasteiger partial charge in [0.15, 0.2) is 0 Å². The van der Waals surface area contributed by atoms with Crippen molar-refractivity contribution in [2.45, 2.75) is 19.4 Å². The summed E-state index contributed by atoms with van der Waals surface area (Å²) in [4.78, 5) is 4.54. The minimum Gasteiger partial charge on any atom is -0.386 e. The van der Waals surface area contributed by atoms with Gasteiger partial charge in [-0.15, -0.1) is 0 Å². The number of halogens is 1. The van der Waals surface area contributed by atoms with Crippen LogP contribution in [0.4, 0.5) is 0 Å². The molecule has 1 N–H and O–H groups in total. The van der Waals surface area contributed by atoms with Crippen molar-refractivity contribution >= 4 is 26.8 Å². The Kier molecular flexibility index (Phi) is 3.78. The lowest BCUT2D eigenvalue weighted by molar-refractivity contribution is 0.171. The van der Waals surface area contributed by atoms with Crippen LogP contribution in [0.15, 0.2) is 40.9 Å². The summed E-state index contributed by atoms with van der Waals surface area (Å²) in [5.74, 6) is 0. The summed E-state index contributed by atoms with van der Waals surface area (Å²) in [6.45, 7) is 1.94. The molecule has 4 nitrogen and oxygen atoms in total. The molecular formula is C16H16BrN3O. The molecule has 1 aromatic carbocycles. The monoisotopic (exact) mass is 345 g/mol. The van der Waals surface area contributed by atoms with Gasteiger partial charge in [-0.3, -0.25) is 9.67 Å². The van der Waals surface area contributed by atoms with Crippen molar-refractivity contribution in [1.29, 1.82) is 0 Å². The molecule has 0 amide bonds. The van der Waals surface area contributed by atoms with Gasteiger partial charge in [0.25, 0.3) is 0 Å². The normalized spacial score (nSPS) is 12.8. The first kappa shape index (κ1) is 14.2. The summed E-state index contributed by atoms with van der Waals surface area (Å²) in [6, 6.07) is 11.8. The standard InChI is InChI=1S/C16H16BrN3O/c1-10-16(17)14(20(2)19-10)9-15(21)13-8-7-11-5-3-4-6-12(11)18-13/h3-8,15,21H,9H2,1-2H3. The molecule has 3 rings (SSSR count). The maximum absolute atomic E-state index is 10.5. The number of nitrogens with zero attached hydrogens (tertiary/aromatic N) is 3. The van der Waals surface area contributed by atoms with Crippen LogP contribution in [-0.4, -0.2) is 19.9 Å². The van der Waals surface area contributed by atoms with Gasteiger partial charge in [0.2, 0.25) is 0 Å². The van der Waals surface area contributed by atoms with Crippen LogP contribution in [0.25, 0.3) is 10.9 Å². The van der Waals surface area contributed by atoms with E-state index < -0.39 is 6.10 Å². The quantitative estimate of drug-likeness (QED) is 0.792. The van der Waals surface area contributed by atoms with Gasteiger partial charge in [0, 0.05) is 18.9 Å². The van der Waals surface area contributed by atoms with Crippen LogP contribution in [0.3, 0.4) is 0 Å². The molecule has 21 heavy (non-hydrogen) atoms. The van der Waals surface area contributed by atoms with Crippen molar-refractivity contribution in [3.63, 3.8) is 0 Å².